The number of isocyanates is 1. The van der Waals surface area contributed by atoms with Crippen molar-refractivity contribution in [3.8, 4) is 0 Å². The van der Waals surface area contributed by atoms with Crippen molar-refractivity contribution in [1.82, 2.24) is 0 Å². The van der Waals surface area contributed by atoms with E-state index in [0.29, 0.717) is 5.02 Å². The van der Waals surface area contributed by atoms with E-state index in [4.69, 9.17) is 11.6 Å². The normalized spacial score (nSPS) is 18.1. The minimum Gasteiger partial charge on any atom is -0.211 e. The number of carbonyl (C=O) groups excluding carboxylic acids is 1. The standard InChI is InChI=1S/C12H11BrClNO/c13-9-3-4-11(14)10(7-9)12(15-8-16)5-1-2-6-12/h3-4,7H,1-2,5-6H2. The average Bonchev–Trinajstić information content (AvgIpc) is 2.72. The van der Waals surface area contributed by atoms with Crippen molar-refractivity contribution in [2.45, 2.75) is 31.2 Å². The fourth-order valence-corrected chi connectivity index (χ4v) is 3.00. The first-order valence-electron chi connectivity index (χ1n) is 5.22. The van der Waals surface area contributed by atoms with Gasteiger partial charge in [-0.25, -0.2) is 4.79 Å². The molecule has 0 saturated heterocycles. The molecule has 0 bridgehead atoms. The maximum absolute atomic E-state index is 10.6. The van der Waals surface area contributed by atoms with Gasteiger partial charge in [0.05, 0.1) is 5.54 Å². The number of aliphatic imine (C=N–C) groups is 1. The zero-order valence-electron chi connectivity index (χ0n) is 8.67. The van der Waals surface area contributed by atoms with Crippen molar-refractivity contribution in [3.05, 3.63) is 33.3 Å². The molecule has 84 valence electrons. The van der Waals surface area contributed by atoms with Crippen LogP contribution in [0.2, 0.25) is 5.02 Å². The Bertz CT molecular complexity index is 448. The van der Waals surface area contributed by atoms with E-state index in [2.05, 4.69) is 20.9 Å². The highest BCUT2D eigenvalue weighted by atomic mass is 79.9. The van der Waals surface area contributed by atoms with Crippen molar-refractivity contribution < 1.29 is 4.79 Å². The smallest absolute Gasteiger partial charge is 0.211 e. The predicted molar refractivity (Wildman–Crippen MR) is 67.4 cm³/mol. The topological polar surface area (TPSA) is 29.4 Å². The molecule has 1 aromatic carbocycles. The highest BCUT2D eigenvalue weighted by molar-refractivity contribution is 9.10. The molecule has 1 aliphatic rings. The number of benzene rings is 1. The van der Waals surface area contributed by atoms with Gasteiger partial charge in [-0.05, 0) is 31.0 Å². The fourth-order valence-electron chi connectivity index (χ4n) is 2.34. The Hall–Kier alpha value is -0.630. The summed E-state index contributed by atoms with van der Waals surface area (Å²) in [5.41, 5.74) is 0.493. The van der Waals surface area contributed by atoms with Gasteiger partial charge in [0.2, 0.25) is 6.08 Å². The van der Waals surface area contributed by atoms with E-state index >= 15 is 0 Å². The third-order valence-electron chi connectivity index (χ3n) is 3.12. The van der Waals surface area contributed by atoms with E-state index in [0.717, 1.165) is 35.7 Å². The molecule has 1 saturated carbocycles. The third-order valence-corrected chi connectivity index (χ3v) is 3.94. The largest absolute Gasteiger partial charge is 0.235 e. The van der Waals surface area contributed by atoms with E-state index in [1.165, 1.54) is 0 Å². The fraction of sp³-hybridized carbons (Fsp3) is 0.417. The van der Waals surface area contributed by atoms with Crippen molar-refractivity contribution >= 4 is 33.6 Å². The first-order valence-corrected chi connectivity index (χ1v) is 6.40. The van der Waals surface area contributed by atoms with Crippen molar-refractivity contribution in [2.75, 3.05) is 0 Å². The molecule has 1 aromatic rings. The van der Waals surface area contributed by atoms with Gasteiger partial charge in [-0.15, -0.1) is 0 Å². The summed E-state index contributed by atoms with van der Waals surface area (Å²) in [5.74, 6) is 0. The zero-order chi connectivity index (χ0) is 11.6. The Morgan fingerprint density at radius 1 is 1.38 bits per heavy atom. The number of hydrogen-bond donors (Lipinski definition) is 0. The van der Waals surface area contributed by atoms with E-state index in [-0.39, 0.29) is 0 Å². The second-order valence-electron chi connectivity index (χ2n) is 4.07. The molecular formula is C12H11BrClNO. The average molecular weight is 301 g/mol. The summed E-state index contributed by atoms with van der Waals surface area (Å²) in [6.45, 7) is 0. The van der Waals surface area contributed by atoms with Gasteiger partial charge in [-0.3, -0.25) is 0 Å². The molecule has 2 rings (SSSR count). The molecule has 0 aliphatic heterocycles. The van der Waals surface area contributed by atoms with Crippen LogP contribution in [-0.4, -0.2) is 6.08 Å². The lowest BCUT2D eigenvalue weighted by Crippen LogP contribution is -2.19. The van der Waals surface area contributed by atoms with Crippen LogP contribution < -0.4 is 0 Å². The first kappa shape index (κ1) is 11.8. The van der Waals surface area contributed by atoms with Crippen molar-refractivity contribution in [1.29, 1.82) is 0 Å². The molecule has 0 spiro atoms. The lowest BCUT2D eigenvalue weighted by atomic mass is 9.89. The van der Waals surface area contributed by atoms with E-state index in [9.17, 15) is 4.79 Å². The van der Waals surface area contributed by atoms with Gasteiger partial charge in [-0.2, -0.15) is 4.99 Å². The SMILES string of the molecule is O=C=NC1(c2cc(Br)ccc2Cl)CCCC1. The van der Waals surface area contributed by atoms with Gasteiger partial charge in [0.1, 0.15) is 0 Å². The molecule has 1 aliphatic carbocycles. The van der Waals surface area contributed by atoms with E-state index < -0.39 is 5.54 Å². The van der Waals surface area contributed by atoms with Gasteiger partial charge < -0.3 is 0 Å². The zero-order valence-corrected chi connectivity index (χ0v) is 11.0. The lowest BCUT2D eigenvalue weighted by Gasteiger charge is -2.24. The molecule has 16 heavy (non-hydrogen) atoms. The molecule has 4 heteroatoms. The van der Waals surface area contributed by atoms with Crippen LogP contribution in [0.5, 0.6) is 0 Å². The van der Waals surface area contributed by atoms with Crippen LogP contribution in [0, 0.1) is 0 Å². The maximum Gasteiger partial charge on any atom is 0.235 e. The summed E-state index contributed by atoms with van der Waals surface area (Å²) in [4.78, 5) is 14.6. The summed E-state index contributed by atoms with van der Waals surface area (Å²) in [5, 5.41) is 0.670. The minimum absolute atomic E-state index is 0.442. The molecule has 0 heterocycles. The Balaban J connectivity index is 2.54. The van der Waals surface area contributed by atoms with Crippen LogP contribution in [0.15, 0.2) is 27.7 Å². The van der Waals surface area contributed by atoms with Crippen LogP contribution in [0.3, 0.4) is 0 Å². The molecule has 0 radical (unpaired) electrons. The summed E-state index contributed by atoms with van der Waals surface area (Å²) in [6, 6.07) is 5.68. The highest BCUT2D eigenvalue weighted by Crippen LogP contribution is 2.45. The van der Waals surface area contributed by atoms with Crippen LogP contribution in [0.25, 0.3) is 0 Å². The second-order valence-corrected chi connectivity index (χ2v) is 5.39. The molecule has 0 unspecified atom stereocenters. The first-order chi connectivity index (χ1) is 7.68. The molecular weight excluding hydrogens is 289 g/mol. The summed E-state index contributed by atoms with van der Waals surface area (Å²) in [6.07, 6.45) is 5.60. The quantitative estimate of drug-likeness (QED) is 0.594. The Morgan fingerprint density at radius 3 is 2.69 bits per heavy atom. The van der Waals surface area contributed by atoms with Gasteiger partial charge in [0.25, 0.3) is 0 Å². The second kappa shape index (κ2) is 4.70. The van der Waals surface area contributed by atoms with Gasteiger partial charge in [0.15, 0.2) is 0 Å². The molecule has 0 atom stereocenters. The van der Waals surface area contributed by atoms with Crippen LogP contribution in [-0.2, 0) is 10.3 Å². The van der Waals surface area contributed by atoms with Crippen LogP contribution >= 0.6 is 27.5 Å². The summed E-state index contributed by atoms with van der Waals surface area (Å²) >= 11 is 9.61. The van der Waals surface area contributed by atoms with Crippen molar-refractivity contribution in [3.63, 3.8) is 0 Å². The Kier molecular flexibility index (Phi) is 3.48. The van der Waals surface area contributed by atoms with Crippen LogP contribution in [0.1, 0.15) is 31.2 Å². The number of halogens is 2. The molecule has 0 amide bonds. The lowest BCUT2D eigenvalue weighted by molar-refractivity contribution is 0.456. The van der Waals surface area contributed by atoms with E-state index in [1.54, 1.807) is 6.08 Å². The number of rotatable bonds is 2. The van der Waals surface area contributed by atoms with E-state index in [1.807, 2.05) is 18.2 Å². The molecule has 0 N–H and O–H groups in total. The third kappa shape index (κ3) is 2.08. The van der Waals surface area contributed by atoms with Crippen LogP contribution in [0.4, 0.5) is 0 Å². The van der Waals surface area contributed by atoms with Gasteiger partial charge >= 0.3 is 0 Å². The number of nitrogens with zero attached hydrogens (tertiary/aromatic N) is 1. The molecule has 2 nitrogen and oxygen atoms in total. The summed E-state index contributed by atoms with van der Waals surface area (Å²) < 4.78 is 0.958. The van der Waals surface area contributed by atoms with Crippen molar-refractivity contribution in [2.24, 2.45) is 4.99 Å². The monoisotopic (exact) mass is 299 g/mol. The highest BCUT2D eigenvalue weighted by Gasteiger charge is 2.37. The molecule has 0 aromatic heterocycles. The molecule has 1 fully saturated rings. The minimum atomic E-state index is -0.442. The number of hydrogen-bond acceptors (Lipinski definition) is 2. The Labute approximate surface area is 108 Å². The predicted octanol–water partition coefficient (Wildman–Crippen LogP) is 4.21. The maximum atomic E-state index is 10.6. The van der Waals surface area contributed by atoms with Gasteiger partial charge in [0, 0.05) is 15.1 Å². The summed E-state index contributed by atoms with van der Waals surface area (Å²) in [7, 11) is 0. The Morgan fingerprint density at radius 2 is 2.06 bits per heavy atom. The van der Waals surface area contributed by atoms with Gasteiger partial charge in [-0.1, -0.05) is 40.4 Å².